The van der Waals surface area contributed by atoms with Gasteiger partial charge in [0.05, 0.1) is 22.4 Å². The number of para-hydroxylation sites is 1. The van der Waals surface area contributed by atoms with Crippen LogP contribution >= 0.6 is 11.3 Å². The van der Waals surface area contributed by atoms with Crippen LogP contribution in [0.2, 0.25) is 0 Å². The molecule has 48 heavy (non-hydrogen) atoms. The summed E-state index contributed by atoms with van der Waals surface area (Å²) in [6.45, 7) is 7.63. The van der Waals surface area contributed by atoms with Gasteiger partial charge in [0.1, 0.15) is 27.8 Å². The van der Waals surface area contributed by atoms with E-state index in [4.69, 9.17) is 4.74 Å². The molecule has 0 saturated heterocycles. The van der Waals surface area contributed by atoms with Gasteiger partial charge in [0.2, 0.25) is 5.91 Å². The van der Waals surface area contributed by atoms with Gasteiger partial charge in [-0.2, -0.15) is 0 Å². The number of ether oxygens (including phenoxy) is 1. The van der Waals surface area contributed by atoms with Crippen LogP contribution < -0.4 is 25.6 Å². The first-order chi connectivity index (χ1) is 22.9. The Labute approximate surface area is 282 Å². The number of nitrogens with one attached hydrogen (secondary N) is 3. The second kappa shape index (κ2) is 13.1. The number of pyridine rings is 1. The molecule has 2 aromatic carbocycles. The Bertz CT molecular complexity index is 1890. The molecule has 1 saturated carbocycles. The van der Waals surface area contributed by atoms with Gasteiger partial charge in [-0.15, -0.1) is 11.3 Å². The molecule has 250 valence electrons. The van der Waals surface area contributed by atoms with Crippen molar-refractivity contribution in [2.75, 3.05) is 23.3 Å². The first-order valence-electron chi connectivity index (χ1n) is 15.8. The van der Waals surface area contributed by atoms with Crippen molar-refractivity contribution in [1.29, 1.82) is 0 Å². The lowest BCUT2D eigenvalue weighted by atomic mass is 9.96. The number of nitrogens with zero attached hydrogens (tertiary/aromatic N) is 3. The van der Waals surface area contributed by atoms with E-state index in [0.717, 1.165) is 10.5 Å². The number of urea groups is 1. The van der Waals surface area contributed by atoms with Crippen molar-refractivity contribution in [2.45, 2.75) is 59.0 Å². The van der Waals surface area contributed by atoms with Crippen LogP contribution in [0.4, 0.5) is 26.7 Å². The molecule has 12 nitrogen and oxygen atoms in total. The summed E-state index contributed by atoms with van der Waals surface area (Å²) < 4.78 is 5.98. The molecule has 13 heteroatoms. The van der Waals surface area contributed by atoms with E-state index < -0.39 is 12.1 Å². The summed E-state index contributed by atoms with van der Waals surface area (Å²) >= 11 is 1.21. The molecule has 1 fully saturated rings. The van der Waals surface area contributed by atoms with E-state index in [-0.39, 0.29) is 42.4 Å². The van der Waals surface area contributed by atoms with Crippen LogP contribution in [0, 0.1) is 12.3 Å². The number of anilines is 3. The number of amides is 5. The second-order valence-electron chi connectivity index (χ2n) is 13.4. The number of carboxylic acid groups (broad SMARTS) is 1. The standard InChI is InChI=1S/C35H38N6O6S/c1-20-16-24(47-23-8-6-5-7-9-23)12-13-25(20)41-26-14-15-36-32-28(26)29(39-33(41)44)30(48-32)31(43)38-22-11-10-21(17-22)37-27(42)18-40(34(45)46)19-35(2,3)4/h5-9,12-16,21-22H,10-11,17-19H2,1-4H3,(H,37,42)(H,38,43)(H,39,44)(H,45,46)/t21-,22+/m1/s1. The third-order valence-corrected chi connectivity index (χ3v) is 9.34. The highest BCUT2D eigenvalue weighted by atomic mass is 32.1. The van der Waals surface area contributed by atoms with E-state index in [1.54, 1.807) is 17.2 Å². The van der Waals surface area contributed by atoms with E-state index in [0.29, 0.717) is 62.9 Å². The molecule has 6 rings (SSSR count). The quantitative estimate of drug-likeness (QED) is 0.152. The molecule has 4 N–H and O–H groups in total. The van der Waals surface area contributed by atoms with Gasteiger partial charge in [0.15, 0.2) is 0 Å². The molecular formula is C35H38N6O6S. The summed E-state index contributed by atoms with van der Waals surface area (Å²) in [6, 6.07) is 16.0. The number of hydrogen-bond donors (Lipinski definition) is 4. The average Bonchev–Trinajstić information content (AvgIpc) is 3.62. The zero-order valence-corrected chi connectivity index (χ0v) is 28.0. The largest absolute Gasteiger partial charge is 0.465 e. The Morgan fingerprint density at radius 3 is 2.46 bits per heavy atom. The number of benzene rings is 2. The highest BCUT2D eigenvalue weighted by molar-refractivity contribution is 7.21. The van der Waals surface area contributed by atoms with E-state index in [1.807, 2.05) is 76.2 Å². The smallest absolute Gasteiger partial charge is 0.407 e. The normalized spacial score (nSPS) is 17.2. The van der Waals surface area contributed by atoms with Gasteiger partial charge in [0.25, 0.3) is 5.91 Å². The van der Waals surface area contributed by atoms with E-state index in [1.165, 1.54) is 11.3 Å². The molecule has 0 radical (unpaired) electrons. The Balaban J connectivity index is 1.14. The monoisotopic (exact) mass is 670 g/mol. The van der Waals surface area contributed by atoms with Gasteiger partial charge in [-0.3, -0.25) is 19.4 Å². The predicted octanol–water partition coefficient (Wildman–Crippen LogP) is 6.87. The van der Waals surface area contributed by atoms with Gasteiger partial charge in [-0.25, -0.2) is 14.6 Å². The Morgan fingerprint density at radius 1 is 1.04 bits per heavy atom. The number of carbonyl (C=O) groups is 4. The number of rotatable bonds is 9. The predicted molar refractivity (Wildman–Crippen MR) is 185 cm³/mol. The van der Waals surface area contributed by atoms with E-state index in [2.05, 4.69) is 20.9 Å². The van der Waals surface area contributed by atoms with E-state index >= 15 is 0 Å². The van der Waals surface area contributed by atoms with Gasteiger partial charge in [-0.05, 0) is 73.6 Å². The van der Waals surface area contributed by atoms with Crippen LogP contribution in [0.1, 0.15) is 55.3 Å². The fourth-order valence-electron chi connectivity index (χ4n) is 6.26. The molecule has 3 heterocycles. The number of aromatic nitrogens is 1. The molecule has 2 atom stereocenters. The Morgan fingerprint density at radius 2 is 1.77 bits per heavy atom. The van der Waals surface area contributed by atoms with Gasteiger partial charge >= 0.3 is 12.1 Å². The molecule has 0 unspecified atom stereocenters. The lowest BCUT2D eigenvalue weighted by molar-refractivity contribution is -0.122. The van der Waals surface area contributed by atoms with Gasteiger partial charge in [0, 0.05) is 24.8 Å². The number of carbonyl (C=O) groups excluding carboxylic acids is 3. The first kappa shape index (κ1) is 32.8. The molecule has 1 aliphatic heterocycles. The van der Waals surface area contributed by atoms with Crippen molar-refractivity contribution in [3.05, 3.63) is 71.2 Å². The van der Waals surface area contributed by atoms with Crippen LogP contribution in [-0.2, 0) is 4.79 Å². The number of aryl methyl sites for hydroxylation is 1. The Hall–Kier alpha value is -5.17. The third kappa shape index (κ3) is 7.05. The highest BCUT2D eigenvalue weighted by Crippen LogP contribution is 2.46. The lowest BCUT2D eigenvalue weighted by Crippen LogP contribution is -2.46. The van der Waals surface area contributed by atoms with Crippen molar-refractivity contribution in [3.63, 3.8) is 0 Å². The van der Waals surface area contributed by atoms with Crippen molar-refractivity contribution < 1.29 is 29.0 Å². The van der Waals surface area contributed by atoms with Crippen LogP contribution in [0.3, 0.4) is 0 Å². The third-order valence-electron chi connectivity index (χ3n) is 8.24. The number of hydrogen-bond acceptors (Lipinski definition) is 7. The molecule has 2 aliphatic rings. The zero-order valence-electron chi connectivity index (χ0n) is 27.2. The summed E-state index contributed by atoms with van der Waals surface area (Å²) in [5.74, 6) is 0.658. The fourth-order valence-corrected chi connectivity index (χ4v) is 7.28. The van der Waals surface area contributed by atoms with Gasteiger partial charge in [-0.1, -0.05) is 39.0 Å². The van der Waals surface area contributed by atoms with Crippen molar-refractivity contribution in [3.8, 4) is 11.5 Å². The second-order valence-corrected chi connectivity index (χ2v) is 14.4. The summed E-state index contributed by atoms with van der Waals surface area (Å²) in [5, 5.41) is 19.2. The first-order valence-corrected chi connectivity index (χ1v) is 16.6. The molecule has 2 aromatic heterocycles. The highest BCUT2D eigenvalue weighted by Gasteiger charge is 2.35. The molecule has 0 bridgehead atoms. The van der Waals surface area contributed by atoms with Crippen LogP contribution in [0.15, 0.2) is 60.8 Å². The zero-order chi connectivity index (χ0) is 34.2. The maximum absolute atomic E-state index is 13.6. The average molecular weight is 671 g/mol. The summed E-state index contributed by atoms with van der Waals surface area (Å²) in [7, 11) is 0. The Kier molecular flexibility index (Phi) is 8.97. The molecule has 5 amide bonds. The minimum atomic E-state index is -1.14. The molecule has 0 spiro atoms. The summed E-state index contributed by atoms with van der Waals surface area (Å²) in [5.41, 5.74) is 2.26. The maximum Gasteiger partial charge on any atom is 0.407 e. The van der Waals surface area contributed by atoms with Crippen LogP contribution in [0.25, 0.3) is 10.2 Å². The lowest BCUT2D eigenvalue weighted by Gasteiger charge is -2.29. The summed E-state index contributed by atoms with van der Waals surface area (Å²) in [4.78, 5) is 59.8. The van der Waals surface area contributed by atoms with Gasteiger partial charge < -0.3 is 25.8 Å². The molecular weight excluding hydrogens is 632 g/mol. The minimum Gasteiger partial charge on any atom is -0.465 e. The number of thiophene rings is 1. The SMILES string of the molecule is Cc1cc(Oc2ccccc2)ccc1N1C(=O)Nc2c(C(=O)N[C@H]3CC[C@@H](NC(=O)CN(CC(C)(C)C)C(=O)O)C3)sc3nccc1c23. The van der Waals surface area contributed by atoms with E-state index in [9.17, 15) is 24.3 Å². The topological polar surface area (TPSA) is 153 Å². The van der Waals surface area contributed by atoms with Crippen molar-refractivity contribution >= 4 is 62.6 Å². The van der Waals surface area contributed by atoms with Crippen LogP contribution in [-0.4, -0.2) is 64.1 Å². The molecule has 4 aromatic rings. The summed E-state index contributed by atoms with van der Waals surface area (Å²) in [6.07, 6.45) is 2.29. The minimum absolute atomic E-state index is 0.192. The fraction of sp³-hybridized carbons (Fsp3) is 0.343. The maximum atomic E-state index is 13.6. The van der Waals surface area contributed by atoms with Crippen LogP contribution in [0.5, 0.6) is 11.5 Å². The van der Waals surface area contributed by atoms with Crippen molar-refractivity contribution in [1.82, 2.24) is 20.5 Å². The molecule has 1 aliphatic carbocycles. The van der Waals surface area contributed by atoms with Crippen molar-refractivity contribution in [2.24, 2.45) is 5.41 Å².